The van der Waals surface area contributed by atoms with E-state index >= 15 is 0 Å². The second-order valence-electron chi connectivity index (χ2n) is 6.29. The van der Waals surface area contributed by atoms with Gasteiger partial charge < -0.3 is 20.9 Å². The van der Waals surface area contributed by atoms with Crippen molar-refractivity contribution in [3.63, 3.8) is 0 Å². The molecule has 0 unspecified atom stereocenters. The highest BCUT2D eigenvalue weighted by Crippen LogP contribution is 2.26. The third-order valence-corrected chi connectivity index (χ3v) is 3.76. The van der Waals surface area contributed by atoms with Gasteiger partial charge in [0.05, 0.1) is 12.2 Å². The largest absolute Gasteiger partial charge is 0.398 e. The lowest BCUT2D eigenvalue weighted by molar-refractivity contribution is 0.0792. The van der Waals surface area contributed by atoms with E-state index in [0.29, 0.717) is 30.0 Å². The minimum absolute atomic E-state index is 0.204. The van der Waals surface area contributed by atoms with Crippen LogP contribution >= 0.6 is 0 Å². The fourth-order valence-electron chi connectivity index (χ4n) is 2.47. The summed E-state index contributed by atoms with van der Waals surface area (Å²) >= 11 is 0. The van der Waals surface area contributed by atoms with Crippen molar-refractivity contribution in [1.82, 2.24) is 5.32 Å². The Morgan fingerprint density at radius 3 is 2.33 bits per heavy atom. The maximum absolute atomic E-state index is 12.3. The molecule has 0 aliphatic carbocycles. The van der Waals surface area contributed by atoms with Crippen LogP contribution in [0.5, 0.6) is 0 Å². The number of amides is 1. The third kappa shape index (κ3) is 4.57. The van der Waals surface area contributed by atoms with Gasteiger partial charge >= 0.3 is 0 Å². The van der Waals surface area contributed by atoms with Gasteiger partial charge in [0.2, 0.25) is 0 Å². The second-order valence-corrected chi connectivity index (χ2v) is 6.29. The van der Waals surface area contributed by atoms with Crippen molar-refractivity contribution in [2.24, 2.45) is 0 Å². The molecule has 2 aromatic rings. The van der Waals surface area contributed by atoms with Crippen LogP contribution in [0.2, 0.25) is 0 Å². The number of hydrogen-bond donors (Lipinski definition) is 3. The van der Waals surface area contributed by atoms with E-state index in [9.17, 15) is 9.90 Å². The van der Waals surface area contributed by atoms with E-state index in [1.54, 1.807) is 39.2 Å². The number of hydrogen-bond acceptors (Lipinski definition) is 4. The quantitative estimate of drug-likeness (QED) is 0.712. The molecule has 0 bridgehead atoms. The van der Waals surface area contributed by atoms with E-state index in [4.69, 9.17) is 10.5 Å². The molecule has 5 nitrogen and oxygen atoms in total. The van der Waals surface area contributed by atoms with Crippen LogP contribution in [0, 0.1) is 0 Å². The first kappa shape index (κ1) is 18.0. The fraction of sp³-hybridized carbons (Fsp3) is 0.316. The van der Waals surface area contributed by atoms with Gasteiger partial charge in [0, 0.05) is 30.5 Å². The summed E-state index contributed by atoms with van der Waals surface area (Å²) in [7, 11) is 1.66. The van der Waals surface area contributed by atoms with Crippen LogP contribution < -0.4 is 11.1 Å². The van der Waals surface area contributed by atoms with Gasteiger partial charge in [-0.2, -0.15) is 0 Å². The maximum Gasteiger partial charge on any atom is 0.251 e. The van der Waals surface area contributed by atoms with Crippen molar-refractivity contribution >= 4 is 11.6 Å². The standard InChI is InChI=1S/C19H24N2O3/c1-19(2,23)16-9-8-15(10-17(16)20)18(22)21-11-13-4-6-14(7-5-13)12-24-3/h4-10,23H,11-12,20H2,1-3H3,(H,21,22). The van der Waals surface area contributed by atoms with Gasteiger partial charge in [-0.25, -0.2) is 0 Å². The highest BCUT2D eigenvalue weighted by Gasteiger charge is 2.20. The van der Waals surface area contributed by atoms with Gasteiger partial charge in [-0.1, -0.05) is 30.3 Å². The normalized spacial score (nSPS) is 11.3. The van der Waals surface area contributed by atoms with E-state index in [0.717, 1.165) is 11.1 Å². The Kier molecular flexibility index (Phi) is 5.59. The van der Waals surface area contributed by atoms with Gasteiger partial charge in [0.25, 0.3) is 5.91 Å². The lowest BCUT2D eigenvalue weighted by atomic mass is 9.95. The van der Waals surface area contributed by atoms with Gasteiger partial charge in [0.1, 0.15) is 0 Å². The number of nitrogen functional groups attached to an aromatic ring is 1. The molecule has 0 aliphatic heterocycles. The predicted molar refractivity (Wildman–Crippen MR) is 94.4 cm³/mol. The molecule has 4 N–H and O–H groups in total. The molecule has 0 aliphatic rings. The first-order valence-corrected chi connectivity index (χ1v) is 7.78. The molecule has 0 heterocycles. The molecule has 0 saturated carbocycles. The number of methoxy groups -OCH3 is 1. The summed E-state index contributed by atoms with van der Waals surface area (Å²) in [6.45, 7) is 4.32. The van der Waals surface area contributed by atoms with Crippen molar-refractivity contribution < 1.29 is 14.6 Å². The zero-order valence-electron chi connectivity index (χ0n) is 14.3. The molecule has 0 fully saturated rings. The summed E-state index contributed by atoms with van der Waals surface area (Å²) in [6, 6.07) is 12.8. The van der Waals surface area contributed by atoms with E-state index in [2.05, 4.69) is 5.32 Å². The first-order valence-electron chi connectivity index (χ1n) is 7.78. The molecule has 2 aromatic carbocycles. The molecule has 0 radical (unpaired) electrons. The average Bonchev–Trinajstić information content (AvgIpc) is 2.53. The number of nitrogens with two attached hydrogens (primary N) is 1. The van der Waals surface area contributed by atoms with Crippen LogP contribution in [0.4, 0.5) is 5.69 Å². The number of carbonyl (C=O) groups excluding carboxylic acids is 1. The molecule has 0 spiro atoms. The maximum atomic E-state index is 12.3. The Hall–Kier alpha value is -2.37. The topological polar surface area (TPSA) is 84.6 Å². The second kappa shape index (κ2) is 7.47. The molecule has 5 heteroatoms. The number of carbonyl (C=O) groups is 1. The molecule has 2 rings (SSSR count). The third-order valence-electron chi connectivity index (χ3n) is 3.76. The Balaban J connectivity index is 2.01. The number of nitrogens with one attached hydrogen (secondary N) is 1. The highest BCUT2D eigenvalue weighted by molar-refractivity contribution is 5.95. The molecule has 128 valence electrons. The van der Waals surface area contributed by atoms with Crippen molar-refractivity contribution in [1.29, 1.82) is 0 Å². The van der Waals surface area contributed by atoms with E-state index in [-0.39, 0.29) is 5.91 Å². The monoisotopic (exact) mass is 328 g/mol. The van der Waals surface area contributed by atoms with Gasteiger partial charge in [0.15, 0.2) is 0 Å². The Morgan fingerprint density at radius 2 is 1.79 bits per heavy atom. The molecular formula is C19H24N2O3. The summed E-state index contributed by atoms with van der Waals surface area (Å²) in [5.74, 6) is -0.204. The smallest absolute Gasteiger partial charge is 0.251 e. The van der Waals surface area contributed by atoms with Crippen molar-refractivity contribution in [2.75, 3.05) is 12.8 Å². The lowest BCUT2D eigenvalue weighted by Gasteiger charge is -2.20. The van der Waals surface area contributed by atoms with Crippen LogP contribution in [-0.4, -0.2) is 18.1 Å². The van der Waals surface area contributed by atoms with Crippen LogP contribution in [0.15, 0.2) is 42.5 Å². The Bertz CT molecular complexity index is 704. The van der Waals surface area contributed by atoms with Crippen LogP contribution in [0.3, 0.4) is 0 Å². The van der Waals surface area contributed by atoms with Gasteiger partial charge in [-0.3, -0.25) is 4.79 Å². The van der Waals surface area contributed by atoms with E-state index < -0.39 is 5.60 Å². The number of anilines is 1. The molecular weight excluding hydrogens is 304 g/mol. The zero-order valence-corrected chi connectivity index (χ0v) is 14.3. The number of ether oxygens (including phenoxy) is 1. The molecule has 24 heavy (non-hydrogen) atoms. The van der Waals surface area contributed by atoms with Crippen molar-refractivity contribution in [3.05, 3.63) is 64.7 Å². The van der Waals surface area contributed by atoms with Crippen LogP contribution in [0.25, 0.3) is 0 Å². The minimum Gasteiger partial charge on any atom is -0.398 e. The van der Waals surface area contributed by atoms with Crippen molar-refractivity contribution in [3.8, 4) is 0 Å². The van der Waals surface area contributed by atoms with Crippen molar-refractivity contribution in [2.45, 2.75) is 32.6 Å². The fourth-order valence-corrected chi connectivity index (χ4v) is 2.47. The molecule has 0 aromatic heterocycles. The molecule has 0 atom stereocenters. The van der Waals surface area contributed by atoms with Gasteiger partial charge in [-0.15, -0.1) is 0 Å². The minimum atomic E-state index is -1.04. The number of rotatable bonds is 6. The van der Waals surface area contributed by atoms with Gasteiger partial charge in [-0.05, 0) is 37.1 Å². The van der Waals surface area contributed by atoms with Crippen LogP contribution in [0.1, 0.15) is 40.9 Å². The number of benzene rings is 2. The predicted octanol–water partition coefficient (Wildman–Crippen LogP) is 2.57. The Morgan fingerprint density at radius 1 is 1.17 bits per heavy atom. The highest BCUT2D eigenvalue weighted by atomic mass is 16.5. The van der Waals surface area contributed by atoms with Crippen LogP contribution in [-0.2, 0) is 23.5 Å². The zero-order chi connectivity index (χ0) is 17.7. The van der Waals surface area contributed by atoms with E-state index in [1.165, 1.54) is 0 Å². The summed E-state index contributed by atoms with van der Waals surface area (Å²) < 4.78 is 5.07. The van der Waals surface area contributed by atoms with E-state index in [1.807, 2.05) is 24.3 Å². The lowest BCUT2D eigenvalue weighted by Crippen LogP contribution is -2.24. The Labute approximate surface area is 142 Å². The molecule has 1 amide bonds. The SMILES string of the molecule is COCc1ccc(CNC(=O)c2ccc(C(C)(C)O)c(N)c2)cc1. The number of aliphatic hydroxyl groups is 1. The summed E-state index contributed by atoms with van der Waals surface area (Å²) in [5, 5.41) is 12.9. The average molecular weight is 328 g/mol. The summed E-state index contributed by atoms with van der Waals surface area (Å²) in [4.78, 5) is 12.3. The first-order chi connectivity index (χ1) is 11.3. The summed E-state index contributed by atoms with van der Waals surface area (Å²) in [6.07, 6.45) is 0. The summed E-state index contributed by atoms with van der Waals surface area (Å²) in [5.41, 5.74) is 8.47. The molecule has 0 saturated heterocycles.